The van der Waals surface area contributed by atoms with Gasteiger partial charge < -0.3 is 29.2 Å². The Morgan fingerprint density at radius 3 is 2.57 bits per heavy atom. The smallest absolute Gasteiger partial charge is 0.410 e. The molecule has 1 fully saturated rings. The number of halogens is 2. The number of carbonyl (C=O) groups is 2. The lowest BCUT2D eigenvalue weighted by molar-refractivity contribution is 0.0130. The van der Waals surface area contributed by atoms with Crippen LogP contribution in [0, 0.1) is 24.5 Å². The van der Waals surface area contributed by atoms with E-state index in [2.05, 4.69) is 5.32 Å². The van der Waals surface area contributed by atoms with E-state index < -0.39 is 70.5 Å². The highest BCUT2D eigenvalue weighted by Gasteiger charge is 2.39. The number of ether oxygens (including phenoxy) is 1. The van der Waals surface area contributed by atoms with E-state index in [0.29, 0.717) is 0 Å². The van der Waals surface area contributed by atoms with Crippen molar-refractivity contribution in [3.05, 3.63) is 47.3 Å². The maximum absolute atomic E-state index is 15.6. The van der Waals surface area contributed by atoms with E-state index in [1.54, 1.807) is 20.8 Å². The molecule has 0 spiro atoms. The zero-order valence-electron chi connectivity index (χ0n) is 21.3. The SMILES string of the molecule is Cc1cc(NC(=O)c2c(F)c(N(C3CN(C(=O)OC(C)(C)C)CCC3CO)S(=O)[O-])cn2C)ccc1F. The summed E-state index contributed by atoms with van der Waals surface area (Å²) in [6.07, 6.45) is 0.741. The van der Waals surface area contributed by atoms with Gasteiger partial charge in [0.25, 0.3) is 5.91 Å². The van der Waals surface area contributed by atoms with Crippen LogP contribution in [0.15, 0.2) is 24.4 Å². The Morgan fingerprint density at radius 1 is 1.32 bits per heavy atom. The molecule has 1 aromatic heterocycles. The first-order chi connectivity index (χ1) is 17.2. The molecule has 3 unspecified atom stereocenters. The summed E-state index contributed by atoms with van der Waals surface area (Å²) in [7, 11) is 1.38. The van der Waals surface area contributed by atoms with E-state index in [4.69, 9.17) is 4.74 Å². The number of hydrogen-bond donors (Lipinski definition) is 2. The molecule has 13 heteroatoms. The highest BCUT2D eigenvalue weighted by Crippen LogP contribution is 2.33. The molecule has 1 aromatic carbocycles. The summed E-state index contributed by atoms with van der Waals surface area (Å²) in [6, 6.07) is 2.85. The first kappa shape index (κ1) is 28.5. The second-order valence-corrected chi connectivity index (χ2v) is 10.8. The Balaban J connectivity index is 1.93. The second-order valence-electron chi connectivity index (χ2n) is 9.97. The van der Waals surface area contributed by atoms with Crippen molar-refractivity contribution in [3.8, 4) is 0 Å². The van der Waals surface area contributed by atoms with Crippen molar-refractivity contribution < 1.29 is 37.0 Å². The summed E-state index contributed by atoms with van der Waals surface area (Å²) in [5.74, 6) is -3.04. The van der Waals surface area contributed by atoms with Gasteiger partial charge in [-0.25, -0.2) is 13.6 Å². The van der Waals surface area contributed by atoms with Crippen LogP contribution in [0.4, 0.5) is 25.0 Å². The van der Waals surface area contributed by atoms with Gasteiger partial charge in [-0.05, 0) is 57.9 Å². The van der Waals surface area contributed by atoms with Gasteiger partial charge in [0.2, 0.25) is 0 Å². The number of nitrogens with one attached hydrogen (secondary N) is 1. The number of nitrogens with zero attached hydrogens (tertiary/aromatic N) is 3. The zero-order chi connectivity index (χ0) is 27.7. The summed E-state index contributed by atoms with van der Waals surface area (Å²) >= 11 is -3.02. The van der Waals surface area contributed by atoms with E-state index >= 15 is 4.39 Å². The number of rotatable bonds is 6. The molecule has 2 heterocycles. The quantitative estimate of drug-likeness (QED) is 0.541. The molecule has 3 rings (SSSR count). The third-order valence-electron chi connectivity index (χ3n) is 6.04. The summed E-state index contributed by atoms with van der Waals surface area (Å²) in [6.45, 7) is 6.27. The lowest BCUT2D eigenvalue weighted by Crippen LogP contribution is -2.56. The minimum Gasteiger partial charge on any atom is -0.755 e. The fourth-order valence-electron chi connectivity index (χ4n) is 4.23. The summed E-state index contributed by atoms with van der Waals surface area (Å²) < 4.78 is 61.2. The van der Waals surface area contributed by atoms with Gasteiger partial charge in [-0.3, -0.25) is 13.3 Å². The van der Waals surface area contributed by atoms with Gasteiger partial charge >= 0.3 is 6.09 Å². The van der Waals surface area contributed by atoms with Crippen molar-refractivity contribution in [2.75, 3.05) is 29.3 Å². The van der Waals surface area contributed by atoms with E-state index in [9.17, 15) is 27.8 Å². The minimum atomic E-state index is -3.02. The van der Waals surface area contributed by atoms with Crippen molar-refractivity contribution in [1.29, 1.82) is 0 Å². The fourth-order valence-corrected chi connectivity index (χ4v) is 4.98. The largest absolute Gasteiger partial charge is 0.755 e. The average Bonchev–Trinajstić information content (AvgIpc) is 3.08. The van der Waals surface area contributed by atoms with Crippen LogP contribution in [0.25, 0.3) is 0 Å². The van der Waals surface area contributed by atoms with E-state index in [1.165, 1.54) is 31.0 Å². The van der Waals surface area contributed by atoms with E-state index in [-0.39, 0.29) is 30.8 Å². The Labute approximate surface area is 216 Å². The standard InChI is InChI=1S/C24H32F2N4O6S/c1-14-10-16(6-7-17(14)25)27-22(32)21-20(26)19(11-28(21)5)30(37(34)35)18-12-29(9-8-15(18)13-31)23(33)36-24(2,3)4/h6-7,10-11,15,18,31H,8-9,12-13H2,1-5H3,(H,27,32)(H,34,35)/p-1. The lowest BCUT2D eigenvalue weighted by Gasteiger charge is -2.44. The van der Waals surface area contributed by atoms with Gasteiger partial charge in [0, 0.05) is 55.8 Å². The molecular weight excluding hydrogens is 510 g/mol. The van der Waals surface area contributed by atoms with Crippen molar-refractivity contribution in [1.82, 2.24) is 9.47 Å². The maximum Gasteiger partial charge on any atom is 0.410 e. The molecular formula is C24H31F2N4O6S-. The Bertz CT molecular complexity index is 1200. The van der Waals surface area contributed by atoms with Crippen molar-refractivity contribution in [3.63, 3.8) is 0 Å². The molecule has 0 aliphatic carbocycles. The maximum atomic E-state index is 15.6. The molecule has 1 saturated heterocycles. The number of anilines is 2. The van der Waals surface area contributed by atoms with Crippen LogP contribution in [0.5, 0.6) is 0 Å². The predicted molar refractivity (Wildman–Crippen MR) is 133 cm³/mol. The number of benzene rings is 1. The molecule has 1 aliphatic rings. The fraction of sp³-hybridized carbons (Fsp3) is 0.500. The zero-order valence-corrected chi connectivity index (χ0v) is 22.1. The number of aliphatic hydroxyl groups is 1. The van der Waals surface area contributed by atoms with Crippen LogP contribution in [0.1, 0.15) is 43.2 Å². The molecule has 3 atom stereocenters. The normalized spacial score (nSPS) is 18.9. The van der Waals surface area contributed by atoms with Crippen LogP contribution < -0.4 is 9.62 Å². The third-order valence-corrected chi connectivity index (χ3v) is 6.83. The lowest BCUT2D eigenvalue weighted by atomic mass is 9.92. The summed E-state index contributed by atoms with van der Waals surface area (Å²) in [5.41, 5.74) is -1.13. The topological polar surface area (TPSA) is 127 Å². The first-order valence-corrected chi connectivity index (χ1v) is 12.7. The molecule has 0 bridgehead atoms. The van der Waals surface area contributed by atoms with Gasteiger partial charge in [-0.1, -0.05) is 0 Å². The van der Waals surface area contributed by atoms with Crippen molar-refractivity contribution in [2.24, 2.45) is 13.0 Å². The van der Waals surface area contributed by atoms with Gasteiger partial charge in [0.15, 0.2) is 5.82 Å². The van der Waals surface area contributed by atoms with Crippen LogP contribution >= 0.6 is 0 Å². The molecule has 0 saturated carbocycles. The second kappa shape index (κ2) is 11.2. The molecule has 2 aromatic rings. The van der Waals surface area contributed by atoms with E-state index in [1.807, 2.05) is 0 Å². The number of carbonyl (C=O) groups excluding carboxylic acids is 2. The predicted octanol–water partition coefficient (Wildman–Crippen LogP) is 3.08. The van der Waals surface area contributed by atoms with E-state index in [0.717, 1.165) is 21.1 Å². The number of aromatic nitrogens is 1. The molecule has 1 aliphatic heterocycles. The third kappa shape index (κ3) is 6.46. The van der Waals surface area contributed by atoms with Gasteiger partial charge in [0.05, 0.1) is 6.04 Å². The molecule has 0 radical (unpaired) electrons. The Morgan fingerprint density at radius 2 is 2.00 bits per heavy atom. The molecule has 2 N–H and O–H groups in total. The monoisotopic (exact) mass is 541 g/mol. The number of likely N-dealkylation sites (tertiary alicyclic amines) is 1. The van der Waals surface area contributed by atoms with Crippen LogP contribution in [-0.2, 0) is 23.1 Å². The summed E-state index contributed by atoms with van der Waals surface area (Å²) in [5, 5.41) is 12.4. The van der Waals surface area contributed by atoms with Gasteiger partial charge in [-0.15, -0.1) is 0 Å². The average molecular weight is 542 g/mol. The highest BCUT2D eigenvalue weighted by atomic mass is 32.2. The van der Waals surface area contributed by atoms with Crippen LogP contribution in [0.2, 0.25) is 0 Å². The Kier molecular flexibility index (Phi) is 8.60. The molecule has 2 amide bonds. The van der Waals surface area contributed by atoms with Gasteiger partial charge in [-0.2, -0.15) is 0 Å². The summed E-state index contributed by atoms with van der Waals surface area (Å²) in [4.78, 5) is 26.8. The van der Waals surface area contributed by atoms with Crippen molar-refractivity contribution >= 4 is 34.6 Å². The number of hydrogen-bond acceptors (Lipinski definition) is 6. The number of amides is 2. The molecule has 37 heavy (non-hydrogen) atoms. The molecule has 10 nitrogen and oxygen atoms in total. The Hall–Kier alpha value is -3.03. The van der Waals surface area contributed by atoms with Crippen LogP contribution in [-0.4, -0.2) is 66.7 Å². The minimum absolute atomic E-state index is 0.154. The highest BCUT2D eigenvalue weighted by molar-refractivity contribution is 7.80. The van der Waals surface area contributed by atoms with Crippen LogP contribution in [0.3, 0.4) is 0 Å². The van der Waals surface area contributed by atoms with Gasteiger partial charge in [0.1, 0.15) is 22.8 Å². The molecule has 204 valence electrons. The number of piperidine rings is 1. The van der Waals surface area contributed by atoms with Crippen molar-refractivity contribution in [2.45, 2.75) is 45.8 Å². The number of aliphatic hydroxyl groups excluding tert-OH is 1. The first-order valence-electron chi connectivity index (χ1n) is 11.6. The number of aryl methyl sites for hydroxylation is 2.